The van der Waals surface area contributed by atoms with Gasteiger partial charge >= 0.3 is 0 Å². The van der Waals surface area contributed by atoms with E-state index >= 15 is 0 Å². The van der Waals surface area contributed by atoms with Crippen LogP contribution in [0.3, 0.4) is 0 Å². The summed E-state index contributed by atoms with van der Waals surface area (Å²) in [5.41, 5.74) is 9.64. The van der Waals surface area contributed by atoms with Crippen LogP contribution in [0.2, 0.25) is 0 Å². The molecule has 1 saturated heterocycles. The molecule has 3 N–H and O–H groups in total. The van der Waals surface area contributed by atoms with Crippen LogP contribution < -0.4 is 5.73 Å². The summed E-state index contributed by atoms with van der Waals surface area (Å²) in [6, 6.07) is 29.0. The second kappa shape index (κ2) is 12.0. The number of benzene rings is 3. The first-order chi connectivity index (χ1) is 16.2. The molecule has 0 aromatic heterocycles. The smallest absolute Gasteiger partial charge is 0.184 e. The third-order valence-electron chi connectivity index (χ3n) is 5.69. The van der Waals surface area contributed by atoms with Crippen LogP contribution in [0, 0.1) is 0 Å². The van der Waals surface area contributed by atoms with E-state index in [1.54, 1.807) is 0 Å². The molecule has 3 aromatic rings. The Balaban J connectivity index is 1.41. The van der Waals surface area contributed by atoms with Gasteiger partial charge in [-0.05, 0) is 16.7 Å². The van der Waals surface area contributed by atoms with Crippen LogP contribution >= 0.6 is 0 Å². The average Bonchev–Trinajstić information content (AvgIpc) is 2.86. The molecule has 0 aliphatic carbocycles. The first-order valence-electron chi connectivity index (χ1n) is 11.2. The predicted octanol–water partition coefficient (Wildman–Crippen LogP) is 3.42. The van der Waals surface area contributed by atoms with Gasteiger partial charge in [0.2, 0.25) is 0 Å². The van der Waals surface area contributed by atoms with Crippen molar-refractivity contribution in [3.8, 4) is 0 Å². The topological polar surface area (TPSA) is 83.2 Å². The van der Waals surface area contributed by atoms with Crippen LogP contribution in [0.15, 0.2) is 91.0 Å². The van der Waals surface area contributed by atoms with Crippen LogP contribution in [0.25, 0.3) is 0 Å². The summed E-state index contributed by atoms with van der Waals surface area (Å²) in [5, 5.41) is 10.8. The number of nitrogens with two attached hydrogens (primary N) is 1. The molecule has 1 aliphatic rings. The van der Waals surface area contributed by atoms with Gasteiger partial charge in [-0.2, -0.15) is 0 Å². The van der Waals surface area contributed by atoms with Gasteiger partial charge in [0, 0.05) is 0 Å². The van der Waals surface area contributed by atoms with Crippen molar-refractivity contribution in [3.63, 3.8) is 0 Å². The van der Waals surface area contributed by atoms with Gasteiger partial charge in [-0.25, -0.2) is 0 Å². The highest BCUT2D eigenvalue weighted by molar-refractivity contribution is 5.15. The zero-order valence-corrected chi connectivity index (χ0v) is 18.5. The van der Waals surface area contributed by atoms with Crippen molar-refractivity contribution < 1.29 is 24.1 Å². The van der Waals surface area contributed by atoms with Crippen molar-refractivity contribution in [2.24, 2.45) is 5.73 Å². The summed E-state index contributed by atoms with van der Waals surface area (Å²) < 4.78 is 23.9. The molecule has 0 bridgehead atoms. The van der Waals surface area contributed by atoms with Crippen LogP contribution in [0.5, 0.6) is 0 Å². The third-order valence-corrected chi connectivity index (χ3v) is 5.69. The summed E-state index contributed by atoms with van der Waals surface area (Å²) in [7, 11) is 0. The Kier molecular flexibility index (Phi) is 8.60. The molecule has 0 spiro atoms. The molecule has 6 nitrogen and oxygen atoms in total. The highest BCUT2D eigenvalue weighted by Crippen LogP contribution is 2.26. The zero-order valence-electron chi connectivity index (χ0n) is 18.5. The zero-order chi connectivity index (χ0) is 22.9. The van der Waals surface area contributed by atoms with Gasteiger partial charge in [0.1, 0.15) is 18.3 Å². The molecule has 1 aliphatic heterocycles. The van der Waals surface area contributed by atoms with Gasteiger partial charge in [-0.15, -0.1) is 0 Å². The Bertz CT molecular complexity index is 941. The van der Waals surface area contributed by atoms with Gasteiger partial charge in [0.15, 0.2) is 6.29 Å². The maximum atomic E-state index is 10.8. The predicted molar refractivity (Wildman–Crippen MR) is 125 cm³/mol. The van der Waals surface area contributed by atoms with Gasteiger partial charge in [0.05, 0.1) is 32.5 Å². The van der Waals surface area contributed by atoms with Crippen molar-refractivity contribution in [3.05, 3.63) is 108 Å². The van der Waals surface area contributed by atoms with E-state index in [9.17, 15) is 5.11 Å². The number of hydrogen-bond donors (Lipinski definition) is 2. The molecule has 0 amide bonds. The fourth-order valence-corrected chi connectivity index (χ4v) is 3.87. The lowest BCUT2D eigenvalue weighted by Gasteiger charge is -2.43. The van der Waals surface area contributed by atoms with Crippen LogP contribution in [0.1, 0.15) is 16.7 Å². The summed E-state index contributed by atoms with van der Waals surface area (Å²) >= 11 is 0. The summed E-state index contributed by atoms with van der Waals surface area (Å²) in [4.78, 5) is 0. The molecule has 1 heterocycles. The van der Waals surface area contributed by atoms with Crippen LogP contribution in [-0.2, 0) is 38.8 Å². The Morgan fingerprint density at radius 1 is 0.667 bits per heavy atom. The average molecular weight is 450 g/mol. The van der Waals surface area contributed by atoms with E-state index < -0.39 is 30.6 Å². The van der Waals surface area contributed by atoms with E-state index in [1.807, 2.05) is 91.0 Å². The second-order valence-corrected chi connectivity index (χ2v) is 8.17. The van der Waals surface area contributed by atoms with Gasteiger partial charge in [-0.3, -0.25) is 0 Å². The molecule has 0 saturated carbocycles. The molecular weight excluding hydrogens is 418 g/mol. The minimum Gasteiger partial charge on any atom is -0.374 e. The highest BCUT2D eigenvalue weighted by atomic mass is 16.7. The lowest BCUT2D eigenvalue weighted by atomic mass is 9.96. The molecular formula is C27H31NO5. The van der Waals surface area contributed by atoms with Crippen LogP contribution in [-0.4, -0.2) is 42.4 Å². The lowest BCUT2D eigenvalue weighted by molar-refractivity contribution is -0.283. The van der Waals surface area contributed by atoms with Crippen LogP contribution in [0.4, 0.5) is 0 Å². The van der Waals surface area contributed by atoms with E-state index in [1.165, 1.54) is 0 Å². The molecule has 5 atom stereocenters. The monoisotopic (exact) mass is 449 g/mol. The van der Waals surface area contributed by atoms with E-state index in [-0.39, 0.29) is 6.61 Å². The van der Waals surface area contributed by atoms with Gasteiger partial charge in [-0.1, -0.05) is 91.0 Å². The molecule has 174 valence electrons. The van der Waals surface area contributed by atoms with Crippen molar-refractivity contribution >= 4 is 0 Å². The van der Waals surface area contributed by atoms with E-state index in [0.29, 0.717) is 19.8 Å². The quantitative estimate of drug-likeness (QED) is 0.494. The highest BCUT2D eigenvalue weighted by Gasteiger charge is 2.45. The van der Waals surface area contributed by atoms with E-state index in [2.05, 4.69) is 0 Å². The fraction of sp³-hybridized carbons (Fsp3) is 0.333. The maximum Gasteiger partial charge on any atom is 0.184 e. The molecule has 3 aromatic carbocycles. The van der Waals surface area contributed by atoms with E-state index in [4.69, 9.17) is 24.7 Å². The molecule has 0 unspecified atom stereocenters. The SMILES string of the molecule is N[C@H]1[C@@H](OCc2ccccc2)[C@H](OCc2ccccc2)[C@H](O)O[C@H]1COCc1ccccc1. The number of ether oxygens (including phenoxy) is 4. The molecule has 6 heteroatoms. The first kappa shape index (κ1) is 23.6. The number of aliphatic hydroxyl groups is 1. The molecule has 4 rings (SSSR count). The normalized spacial score (nSPS) is 25.1. The second-order valence-electron chi connectivity index (χ2n) is 8.17. The third kappa shape index (κ3) is 6.71. The molecule has 0 radical (unpaired) electrons. The number of rotatable bonds is 10. The van der Waals surface area contributed by atoms with Crippen molar-refractivity contribution in [2.45, 2.75) is 50.5 Å². The summed E-state index contributed by atoms with van der Waals surface area (Å²) in [6.07, 6.45) is -3.00. The van der Waals surface area contributed by atoms with Crippen molar-refractivity contribution in [2.75, 3.05) is 6.61 Å². The fourth-order valence-electron chi connectivity index (χ4n) is 3.87. The minimum atomic E-state index is -1.18. The van der Waals surface area contributed by atoms with Gasteiger partial charge < -0.3 is 29.8 Å². The Hall–Kier alpha value is -2.58. The first-order valence-corrected chi connectivity index (χ1v) is 11.2. The summed E-state index contributed by atoms with van der Waals surface area (Å²) in [6.45, 7) is 1.35. The summed E-state index contributed by atoms with van der Waals surface area (Å²) in [5.74, 6) is 0. The standard InChI is InChI=1S/C27H31NO5/c28-24-23(19-30-16-20-10-4-1-5-11-20)33-27(29)26(32-18-22-14-8-3-9-15-22)25(24)31-17-21-12-6-2-7-13-21/h1-15,23-27,29H,16-19,28H2/t23-,24+,25+,26-,27+/m0/s1. The van der Waals surface area contributed by atoms with E-state index in [0.717, 1.165) is 16.7 Å². The van der Waals surface area contributed by atoms with Crippen molar-refractivity contribution in [1.82, 2.24) is 0 Å². The molecule has 1 fully saturated rings. The Morgan fingerprint density at radius 3 is 1.64 bits per heavy atom. The van der Waals surface area contributed by atoms with Gasteiger partial charge in [0.25, 0.3) is 0 Å². The molecule has 33 heavy (non-hydrogen) atoms. The Morgan fingerprint density at radius 2 is 1.12 bits per heavy atom. The number of hydrogen-bond acceptors (Lipinski definition) is 6. The van der Waals surface area contributed by atoms with Crippen molar-refractivity contribution in [1.29, 1.82) is 0 Å². The number of aliphatic hydroxyl groups excluding tert-OH is 1. The largest absolute Gasteiger partial charge is 0.374 e. The lowest BCUT2D eigenvalue weighted by Crippen LogP contribution is -2.63. The minimum absolute atomic E-state index is 0.240. The Labute approximate surface area is 194 Å². The maximum absolute atomic E-state index is 10.8.